The SMILES string of the molecule is CC(=O)NCCCCCC(=O)Nc1ccc2c3c(cccc13)CC2. The average molecular weight is 324 g/mol. The molecule has 2 amide bonds. The zero-order chi connectivity index (χ0) is 16.9. The van der Waals surface area contributed by atoms with Gasteiger partial charge in [0, 0.05) is 31.0 Å². The number of unbranched alkanes of at least 4 members (excludes halogenated alkanes) is 2. The van der Waals surface area contributed by atoms with Gasteiger partial charge in [-0.2, -0.15) is 0 Å². The molecule has 0 heterocycles. The van der Waals surface area contributed by atoms with Gasteiger partial charge in [-0.05, 0) is 48.3 Å². The minimum Gasteiger partial charge on any atom is -0.356 e. The second-order valence-corrected chi connectivity index (χ2v) is 6.45. The number of nitrogens with one attached hydrogen (secondary N) is 2. The largest absolute Gasteiger partial charge is 0.356 e. The number of hydrogen-bond donors (Lipinski definition) is 2. The lowest BCUT2D eigenvalue weighted by Crippen LogP contribution is -2.20. The fraction of sp³-hybridized carbons (Fsp3) is 0.400. The Balaban J connectivity index is 1.54. The highest BCUT2D eigenvalue weighted by Crippen LogP contribution is 2.35. The molecule has 0 atom stereocenters. The van der Waals surface area contributed by atoms with E-state index in [0.717, 1.165) is 43.2 Å². The molecule has 0 aliphatic heterocycles. The summed E-state index contributed by atoms with van der Waals surface area (Å²) in [4.78, 5) is 23.0. The van der Waals surface area contributed by atoms with Crippen molar-refractivity contribution in [1.82, 2.24) is 5.32 Å². The Bertz CT molecular complexity index is 757. The maximum absolute atomic E-state index is 12.2. The van der Waals surface area contributed by atoms with Crippen LogP contribution in [0.2, 0.25) is 0 Å². The molecule has 1 aliphatic carbocycles. The topological polar surface area (TPSA) is 58.2 Å². The predicted octanol–water partition coefficient (Wildman–Crippen LogP) is 3.57. The molecule has 4 nitrogen and oxygen atoms in total. The first kappa shape index (κ1) is 16.5. The smallest absolute Gasteiger partial charge is 0.224 e. The molecule has 1 aliphatic rings. The van der Waals surface area contributed by atoms with Gasteiger partial charge >= 0.3 is 0 Å². The molecule has 0 spiro atoms. The molecule has 24 heavy (non-hydrogen) atoms. The third-order valence-corrected chi connectivity index (χ3v) is 4.61. The van der Waals surface area contributed by atoms with Crippen molar-refractivity contribution in [3.63, 3.8) is 0 Å². The summed E-state index contributed by atoms with van der Waals surface area (Å²) < 4.78 is 0. The first-order chi connectivity index (χ1) is 11.6. The Morgan fingerprint density at radius 2 is 1.79 bits per heavy atom. The van der Waals surface area contributed by atoms with Gasteiger partial charge in [0.25, 0.3) is 0 Å². The van der Waals surface area contributed by atoms with Crippen LogP contribution in [0.4, 0.5) is 5.69 Å². The summed E-state index contributed by atoms with van der Waals surface area (Å²) in [6.45, 7) is 2.21. The molecule has 4 heteroatoms. The van der Waals surface area contributed by atoms with E-state index in [9.17, 15) is 9.59 Å². The van der Waals surface area contributed by atoms with Gasteiger partial charge in [-0.1, -0.05) is 30.7 Å². The van der Waals surface area contributed by atoms with Crippen LogP contribution in [0.5, 0.6) is 0 Å². The third kappa shape index (κ3) is 3.75. The highest BCUT2D eigenvalue weighted by Gasteiger charge is 2.16. The quantitative estimate of drug-likeness (QED) is 0.765. The Kier molecular flexibility index (Phi) is 5.14. The lowest BCUT2D eigenvalue weighted by atomic mass is 10.0. The van der Waals surface area contributed by atoms with E-state index in [1.54, 1.807) is 0 Å². The summed E-state index contributed by atoms with van der Waals surface area (Å²) in [6.07, 6.45) is 5.40. The second-order valence-electron chi connectivity index (χ2n) is 6.45. The van der Waals surface area contributed by atoms with Crippen molar-refractivity contribution >= 4 is 28.3 Å². The Morgan fingerprint density at radius 1 is 1.00 bits per heavy atom. The van der Waals surface area contributed by atoms with Crippen LogP contribution in [-0.4, -0.2) is 18.4 Å². The fourth-order valence-electron chi connectivity index (χ4n) is 3.42. The highest BCUT2D eigenvalue weighted by atomic mass is 16.2. The molecule has 0 unspecified atom stereocenters. The molecular weight excluding hydrogens is 300 g/mol. The van der Waals surface area contributed by atoms with Gasteiger partial charge < -0.3 is 10.6 Å². The van der Waals surface area contributed by atoms with Crippen LogP contribution in [0.15, 0.2) is 30.3 Å². The van der Waals surface area contributed by atoms with Gasteiger partial charge in [-0.25, -0.2) is 0 Å². The molecule has 0 bridgehead atoms. The number of aryl methyl sites for hydroxylation is 2. The van der Waals surface area contributed by atoms with Crippen molar-refractivity contribution in [3.8, 4) is 0 Å². The van der Waals surface area contributed by atoms with E-state index >= 15 is 0 Å². The minimum absolute atomic E-state index is 0.000189. The number of carbonyl (C=O) groups is 2. The maximum Gasteiger partial charge on any atom is 0.224 e. The van der Waals surface area contributed by atoms with Gasteiger partial charge in [0.2, 0.25) is 11.8 Å². The van der Waals surface area contributed by atoms with Crippen LogP contribution < -0.4 is 10.6 Å². The van der Waals surface area contributed by atoms with Crippen LogP contribution in [0.25, 0.3) is 10.8 Å². The van der Waals surface area contributed by atoms with Crippen molar-refractivity contribution in [2.45, 2.75) is 45.4 Å². The minimum atomic E-state index is -0.000189. The normalized spacial score (nSPS) is 12.4. The number of carbonyl (C=O) groups excluding carboxylic acids is 2. The van der Waals surface area contributed by atoms with Crippen molar-refractivity contribution < 1.29 is 9.59 Å². The van der Waals surface area contributed by atoms with Crippen LogP contribution in [0, 0.1) is 0 Å². The monoisotopic (exact) mass is 324 g/mol. The zero-order valence-corrected chi connectivity index (χ0v) is 14.2. The Labute approximate surface area is 142 Å². The molecule has 0 saturated heterocycles. The van der Waals surface area contributed by atoms with Crippen LogP contribution in [0.1, 0.15) is 43.7 Å². The van der Waals surface area contributed by atoms with E-state index in [1.165, 1.54) is 23.4 Å². The van der Waals surface area contributed by atoms with Gasteiger partial charge in [-0.15, -0.1) is 0 Å². The maximum atomic E-state index is 12.2. The van der Waals surface area contributed by atoms with E-state index in [1.807, 2.05) is 6.07 Å². The standard InChI is InChI=1S/C20H24N2O2/c1-14(23)21-13-4-2-3-8-19(24)22-18-12-11-16-10-9-15-6-5-7-17(18)20(15)16/h5-7,11-12H,2-4,8-10,13H2,1H3,(H,21,23)(H,22,24). The molecule has 126 valence electrons. The van der Waals surface area contributed by atoms with E-state index in [4.69, 9.17) is 0 Å². The second kappa shape index (κ2) is 7.47. The van der Waals surface area contributed by atoms with Gasteiger partial charge in [0.15, 0.2) is 0 Å². The molecule has 2 N–H and O–H groups in total. The fourth-order valence-corrected chi connectivity index (χ4v) is 3.42. The van der Waals surface area contributed by atoms with Gasteiger partial charge in [0.05, 0.1) is 0 Å². The summed E-state index contributed by atoms with van der Waals surface area (Å²) in [5, 5.41) is 8.32. The molecule has 0 fully saturated rings. The first-order valence-corrected chi connectivity index (χ1v) is 8.73. The molecule has 2 aromatic carbocycles. The third-order valence-electron chi connectivity index (χ3n) is 4.61. The first-order valence-electron chi connectivity index (χ1n) is 8.73. The number of benzene rings is 2. The Morgan fingerprint density at radius 3 is 2.58 bits per heavy atom. The average Bonchev–Trinajstić information content (AvgIpc) is 2.98. The molecular formula is C20H24N2O2. The van der Waals surface area contributed by atoms with E-state index in [0.29, 0.717) is 13.0 Å². The van der Waals surface area contributed by atoms with Crippen LogP contribution in [-0.2, 0) is 22.4 Å². The van der Waals surface area contributed by atoms with Crippen molar-refractivity contribution in [2.75, 3.05) is 11.9 Å². The molecule has 0 radical (unpaired) electrons. The lowest BCUT2D eigenvalue weighted by Gasteiger charge is -2.10. The summed E-state index contributed by atoms with van der Waals surface area (Å²) in [7, 11) is 0. The van der Waals surface area contributed by atoms with Gasteiger partial charge in [0.1, 0.15) is 0 Å². The number of hydrogen-bond acceptors (Lipinski definition) is 2. The van der Waals surface area contributed by atoms with Gasteiger partial charge in [-0.3, -0.25) is 9.59 Å². The van der Waals surface area contributed by atoms with Crippen LogP contribution in [0.3, 0.4) is 0 Å². The van der Waals surface area contributed by atoms with E-state index < -0.39 is 0 Å². The molecule has 2 aromatic rings. The van der Waals surface area contributed by atoms with E-state index in [2.05, 4.69) is 34.9 Å². The summed E-state index contributed by atoms with van der Waals surface area (Å²) in [6, 6.07) is 10.5. The number of amides is 2. The van der Waals surface area contributed by atoms with Crippen molar-refractivity contribution in [1.29, 1.82) is 0 Å². The van der Waals surface area contributed by atoms with Crippen molar-refractivity contribution in [2.24, 2.45) is 0 Å². The summed E-state index contributed by atoms with van der Waals surface area (Å²) in [5.41, 5.74) is 3.69. The molecule has 0 saturated carbocycles. The summed E-state index contributed by atoms with van der Waals surface area (Å²) in [5.74, 6) is 0.0630. The summed E-state index contributed by atoms with van der Waals surface area (Å²) >= 11 is 0. The predicted molar refractivity (Wildman–Crippen MR) is 97.1 cm³/mol. The van der Waals surface area contributed by atoms with E-state index in [-0.39, 0.29) is 11.8 Å². The lowest BCUT2D eigenvalue weighted by molar-refractivity contribution is -0.119. The highest BCUT2D eigenvalue weighted by molar-refractivity contribution is 6.05. The number of anilines is 1. The molecule has 3 rings (SSSR count). The van der Waals surface area contributed by atoms with Crippen molar-refractivity contribution in [3.05, 3.63) is 41.5 Å². The number of rotatable bonds is 7. The van der Waals surface area contributed by atoms with Crippen LogP contribution >= 0.6 is 0 Å². The Hall–Kier alpha value is -2.36. The molecule has 0 aromatic heterocycles. The zero-order valence-electron chi connectivity index (χ0n) is 14.2.